The summed E-state index contributed by atoms with van der Waals surface area (Å²) in [5.74, 6) is 1.02. The van der Waals surface area contributed by atoms with Gasteiger partial charge in [0.1, 0.15) is 0 Å². The largest absolute Gasteiger partial charge is 0.393 e. The van der Waals surface area contributed by atoms with Crippen molar-refractivity contribution in [3.05, 3.63) is 11.6 Å². The molecule has 3 heteroatoms. The van der Waals surface area contributed by atoms with E-state index in [4.69, 9.17) is 0 Å². The van der Waals surface area contributed by atoms with Crippen molar-refractivity contribution < 1.29 is 14.3 Å². The second-order valence-corrected chi connectivity index (χ2v) is 9.34. The van der Waals surface area contributed by atoms with E-state index in [-0.39, 0.29) is 23.2 Å². The van der Waals surface area contributed by atoms with Crippen LogP contribution in [0.1, 0.15) is 65.7 Å². The molecule has 0 aromatic heterocycles. The van der Waals surface area contributed by atoms with E-state index in [0.29, 0.717) is 18.3 Å². The van der Waals surface area contributed by atoms with Gasteiger partial charge in [0, 0.05) is 5.41 Å². The molecule has 23 heavy (non-hydrogen) atoms. The third-order valence-corrected chi connectivity index (χ3v) is 8.06. The van der Waals surface area contributed by atoms with Crippen LogP contribution in [0.5, 0.6) is 0 Å². The quantitative estimate of drug-likeness (QED) is 0.679. The lowest BCUT2D eigenvalue weighted by atomic mass is 9.48. The van der Waals surface area contributed by atoms with Crippen LogP contribution in [-0.4, -0.2) is 22.7 Å². The van der Waals surface area contributed by atoms with Gasteiger partial charge in [-0.15, -0.1) is 0 Å². The Morgan fingerprint density at radius 1 is 1.13 bits per heavy atom. The third-order valence-electron chi connectivity index (χ3n) is 8.06. The van der Waals surface area contributed by atoms with E-state index in [1.807, 2.05) is 6.92 Å². The van der Waals surface area contributed by atoms with Gasteiger partial charge < -0.3 is 5.11 Å². The SMILES string of the molecule is C[C@]12CCC(O)CC1=CC[C@@H]1[C@@H]2CC[C@]2(C)C(=O)[C@](C)(F)C[C@@H]12. The number of hydrogen-bond donors (Lipinski definition) is 1. The summed E-state index contributed by atoms with van der Waals surface area (Å²) in [6.07, 6.45) is 8.09. The second-order valence-electron chi connectivity index (χ2n) is 9.34. The first-order valence-electron chi connectivity index (χ1n) is 9.30. The van der Waals surface area contributed by atoms with E-state index in [9.17, 15) is 14.3 Å². The van der Waals surface area contributed by atoms with Crippen molar-refractivity contribution in [1.82, 2.24) is 0 Å². The number of hydrogen-bond acceptors (Lipinski definition) is 2. The number of ketones is 1. The molecule has 4 aliphatic rings. The van der Waals surface area contributed by atoms with Gasteiger partial charge in [0.15, 0.2) is 11.5 Å². The van der Waals surface area contributed by atoms with Crippen molar-refractivity contribution in [3.8, 4) is 0 Å². The number of fused-ring (bicyclic) bond motifs is 5. The number of aliphatic hydroxyl groups is 1. The molecule has 0 radical (unpaired) electrons. The number of halogens is 1. The van der Waals surface area contributed by atoms with Crippen LogP contribution in [-0.2, 0) is 4.79 Å². The van der Waals surface area contributed by atoms with Gasteiger partial charge in [-0.2, -0.15) is 0 Å². The summed E-state index contributed by atoms with van der Waals surface area (Å²) in [6, 6.07) is 0. The Labute approximate surface area is 138 Å². The molecule has 2 nitrogen and oxygen atoms in total. The normalized spacial score (nSPS) is 55.7. The summed E-state index contributed by atoms with van der Waals surface area (Å²) in [5, 5.41) is 10.0. The van der Waals surface area contributed by atoms with Gasteiger partial charge in [0.25, 0.3) is 0 Å². The summed E-state index contributed by atoms with van der Waals surface area (Å²) in [6.45, 7) is 5.87. The topological polar surface area (TPSA) is 37.3 Å². The molecule has 0 saturated heterocycles. The molecule has 0 spiro atoms. The van der Waals surface area contributed by atoms with E-state index in [0.717, 1.165) is 38.5 Å². The summed E-state index contributed by atoms with van der Waals surface area (Å²) < 4.78 is 14.8. The minimum atomic E-state index is -1.64. The highest BCUT2D eigenvalue weighted by Gasteiger charge is 2.64. The van der Waals surface area contributed by atoms with Gasteiger partial charge in [0.05, 0.1) is 6.10 Å². The number of aliphatic hydroxyl groups excluding tert-OH is 1. The molecular formula is C20H29FO2. The van der Waals surface area contributed by atoms with Crippen molar-refractivity contribution in [2.24, 2.45) is 28.6 Å². The van der Waals surface area contributed by atoms with Crippen LogP contribution >= 0.6 is 0 Å². The molecular weight excluding hydrogens is 291 g/mol. The van der Waals surface area contributed by atoms with Crippen molar-refractivity contribution in [2.75, 3.05) is 0 Å². The minimum Gasteiger partial charge on any atom is -0.393 e. The first kappa shape index (κ1) is 15.8. The zero-order valence-electron chi connectivity index (χ0n) is 14.6. The first-order valence-corrected chi connectivity index (χ1v) is 9.30. The second kappa shape index (κ2) is 4.68. The van der Waals surface area contributed by atoms with E-state index >= 15 is 0 Å². The molecule has 1 N–H and O–H groups in total. The van der Waals surface area contributed by atoms with Gasteiger partial charge in [0.2, 0.25) is 0 Å². The molecule has 1 unspecified atom stereocenters. The molecule has 0 heterocycles. The van der Waals surface area contributed by atoms with Crippen LogP contribution in [0.2, 0.25) is 0 Å². The van der Waals surface area contributed by atoms with Crippen LogP contribution in [0, 0.1) is 28.6 Å². The lowest BCUT2D eigenvalue weighted by molar-refractivity contribution is -0.138. The van der Waals surface area contributed by atoms with Crippen molar-refractivity contribution in [3.63, 3.8) is 0 Å². The number of allylic oxidation sites excluding steroid dienone is 1. The van der Waals surface area contributed by atoms with Crippen LogP contribution in [0.25, 0.3) is 0 Å². The Hall–Kier alpha value is -0.700. The van der Waals surface area contributed by atoms with E-state index in [1.54, 1.807) is 0 Å². The summed E-state index contributed by atoms with van der Waals surface area (Å²) in [4.78, 5) is 12.6. The number of carbonyl (C=O) groups is 1. The molecule has 4 aliphatic carbocycles. The molecule has 4 rings (SSSR count). The molecule has 128 valence electrons. The average Bonchev–Trinajstić information content (AvgIpc) is 2.68. The Kier molecular flexibility index (Phi) is 3.22. The maximum absolute atomic E-state index is 14.8. The lowest BCUT2D eigenvalue weighted by Crippen LogP contribution is -2.50. The molecule has 0 amide bonds. The minimum absolute atomic E-state index is 0.146. The predicted octanol–water partition coefficient (Wildman–Crippen LogP) is 4.22. The number of carbonyl (C=O) groups excluding carboxylic acids is 1. The Bertz CT molecular complexity index is 580. The standard InChI is InChI=1S/C20H29FO2/c1-18-8-6-13(22)10-12(18)4-5-14-15(18)7-9-19(2)16(14)11-20(3,21)17(19)23/h4,13-16,22H,5-11H2,1-3H3/t13?,14-,15+,16+,18+,19+,20-/m1/s1. The highest BCUT2D eigenvalue weighted by Crippen LogP contribution is 2.65. The van der Waals surface area contributed by atoms with Crippen LogP contribution in [0.3, 0.4) is 0 Å². The van der Waals surface area contributed by atoms with Gasteiger partial charge in [-0.05, 0) is 75.0 Å². The molecule has 0 aromatic rings. The maximum atomic E-state index is 14.8. The molecule has 7 atom stereocenters. The highest BCUT2D eigenvalue weighted by molar-refractivity contribution is 5.94. The van der Waals surface area contributed by atoms with Crippen LogP contribution in [0.15, 0.2) is 11.6 Å². The van der Waals surface area contributed by atoms with Gasteiger partial charge in [-0.25, -0.2) is 4.39 Å². The smallest absolute Gasteiger partial charge is 0.175 e. The molecule has 0 aromatic carbocycles. The maximum Gasteiger partial charge on any atom is 0.175 e. The Morgan fingerprint density at radius 2 is 1.83 bits per heavy atom. The monoisotopic (exact) mass is 320 g/mol. The fraction of sp³-hybridized carbons (Fsp3) is 0.850. The van der Waals surface area contributed by atoms with Gasteiger partial charge in [-0.3, -0.25) is 4.79 Å². The van der Waals surface area contributed by atoms with Crippen molar-refractivity contribution in [1.29, 1.82) is 0 Å². The fourth-order valence-electron chi connectivity index (χ4n) is 6.72. The van der Waals surface area contributed by atoms with Gasteiger partial charge >= 0.3 is 0 Å². The number of Topliss-reactive ketones (excluding diaryl/α,β-unsaturated/α-hetero) is 1. The summed E-state index contributed by atoms with van der Waals surface area (Å²) >= 11 is 0. The van der Waals surface area contributed by atoms with Crippen LogP contribution in [0.4, 0.5) is 4.39 Å². The summed E-state index contributed by atoms with van der Waals surface area (Å²) in [5.41, 5.74) is -0.516. The third kappa shape index (κ3) is 1.98. The van der Waals surface area contributed by atoms with Crippen molar-refractivity contribution >= 4 is 5.78 Å². The fourth-order valence-corrected chi connectivity index (χ4v) is 6.72. The first-order chi connectivity index (χ1) is 10.7. The molecule has 3 fully saturated rings. The lowest BCUT2D eigenvalue weighted by Gasteiger charge is -2.56. The van der Waals surface area contributed by atoms with Crippen molar-refractivity contribution in [2.45, 2.75) is 77.5 Å². The van der Waals surface area contributed by atoms with E-state index in [1.165, 1.54) is 12.5 Å². The molecule has 0 aliphatic heterocycles. The molecule has 3 saturated carbocycles. The Balaban J connectivity index is 1.71. The zero-order valence-corrected chi connectivity index (χ0v) is 14.6. The highest BCUT2D eigenvalue weighted by atomic mass is 19.1. The Morgan fingerprint density at radius 3 is 2.57 bits per heavy atom. The average molecular weight is 320 g/mol. The van der Waals surface area contributed by atoms with E-state index in [2.05, 4.69) is 13.0 Å². The number of rotatable bonds is 0. The van der Waals surface area contributed by atoms with Crippen LogP contribution < -0.4 is 0 Å². The summed E-state index contributed by atoms with van der Waals surface area (Å²) in [7, 11) is 0. The number of alkyl halides is 1. The predicted molar refractivity (Wildman–Crippen MR) is 87.6 cm³/mol. The van der Waals surface area contributed by atoms with E-state index < -0.39 is 11.1 Å². The zero-order chi connectivity index (χ0) is 16.6. The molecule has 0 bridgehead atoms. The van der Waals surface area contributed by atoms with Gasteiger partial charge in [-0.1, -0.05) is 25.5 Å².